The van der Waals surface area contributed by atoms with E-state index in [1.54, 1.807) is 14.2 Å². The van der Waals surface area contributed by atoms with Gasteiger partial charge in [-0.25, -0.2) is 4.98 Å². The van der Waals surface area contributed by atoms with E-state index in [0.717, 1.165) is 28.0 Å². The maximum atomic E-state index is 12.6. The molecular formula is C16H19F3N4OS. The van der Waals surface area contributed by atoms with Gasteiger partial charge >= 0.3 is 6.18 Å². The van der Waals surface area contributed by atoms with Gasteiger partial charge in [0.25, 0.3) is 0 Å². The van der Waals surface area contributed by atoms with E-state index < -0.39 is 11.9 Å². The maximum Gasteiger partial charge on any atom is 0.434 e. The second-order valence-electron chi connectivity index (χ2n) is 5.19. The fourth-order valence-corrected chi connectivity index (χ4v) is 2.97. The number of ether oxygens (including phenoxy) is 1. The smallest absolute Gasteiger partial charge is 0.434 e. The molecule has 0 aliphatic heterocycles. The molecule has 0 unspecified atom stereocenters. The van der Waals surface area contributed by atoms with E-state index in [1.807, 2.05) is 36.2 Å². The highest BCUT2D eigenvalue weighted by Gasteiger charge is 2.33. The highest BCUT2D eigenvalue weighted by Crippen LogP contribution is 2.29. The van der Waals surface area contributed by atoms with Crippen molar-refractivity contribution in [2.75, 3.05) is 21.2 Å². The number of rotatable bonds is 5. The number of thiazole rings is 1. The second kappa shape index (κ2) is 8.19. The molecule has 0 aliphatic rings. The van der Waals surface area contributed by atoms with Crippen molar-refractivity contribution < 1.29 is 17.9 Å². The molecule has 0 saturated heterocycles. The fraction of sp³-hybridized carbons (Fsp3) is 0.375. The third-order valence-corrected chi connectivity index (χ3v) is 4.26. The molecule has 1 heterocycles. The van der Waals surface area contributed by atoms with Crippen LogP contribution in [0, 0.1) is 0 Å². The molecule has 0 radical (unpaired) electrons. The van der Waals surface area contributed by atoms with Gasteiger partial charge in [0.2, 0.25) is 0 Å². The van der Waals surface area contributed by atoms with Gasteiger partial charge in [0.1, 0.15) is 10.8 Å². The van der Waals surface area contributed by atoms with Crippen LogP contribution in [0.5, 0.6) is 5.75 Å². The van der Waals surface area contributed by atoms with E-state index in [0.29, 0.717) is 17.5 Å². The van der Waals surface area contributed by atoms with Gasteiger partial charge in [-0.1, -0.05) is 18.2 Å². The van der Waals surface area contributed by atoms with Crippen LogP contribution in [0.25, 0.3) is 0 Å². The Balaban J connectivity index is 1.99. The number of hydrogen-bond donors (Lipinski definition) is 1. The SMILES string of the molecule is CN=C(NCc1nc(C(F)(F)F)cs1)N(C)Cc1ccccc1OC. The number of guanidine groups is 1. The summed E-state index contributed by atoms with van der Waals surface area (Å²) in [5.74, 6) is 1.31. The van der Waals surface area contributed by atoms with Crippen molar-refractivity contribution in [3.05, 3.63) is 45.9 Å². The Morgan fingerprint density at radius 3 is 2.68 bits per heavy atom. The lowest BCUT2D eigenvalue weighted by atomic mass is 10.2. The van der Waals surface area contributed by atoms with Crippen molar-refractivity contribution in [2.45, 2.75) is 19.3 Å². The van der Waals surface area contributed by atoms with Crippen molar-refractivity contribution in [3.63, 3.8) is 0 Å². The van der Waals surface area contributed by atoms with E-state index >= 15 is 0 Å². The van der Waals surface area contributed by atoms with E-state index in [2.05, 4.69) is 15.3 Å². The van der Waals surface area contributed by atoms with Crippen LogP contribution in [0.4, 0.5) is 13.2 Å². The van der Waals surface area contributed by atoms with Crippen LogP contribution in [-0.4, -0.2) is 37.0 Å². The first-order valence-electron chi connectivity index (χ1n) is 7.40. The third-order valence-electron chi connectivity index (χ3n) is 3.41. The summed E-state index contributed by atoms with van der Waals surface area (Å²) in [6, 6.07) is 7.61. The lowest BCUT2D eigenvalue weighted by Crippen LogP contribution is -2.38. The molecule has 2 rings (SSSR count). The summed E-state index contributed by atoms with van der Waals surface area (Å²) in [6.45, 7) is 0.707. The molecule has 0 bridgehead atoms. The van der Waals surface area contributed by atoms with Crippen LogP contribution in [0.2, 0.25) is 0 Å². The first-order valence-corrected chi connectivity index (χ1v) is 8.28. The summed E-state index contributed by atoms with van der Waals surface area (Å²) in [6.07, 6.45) is -4.42. The van der Waals surface area contributed by atoms with Crippen LogP contribution in [0.15, 0.2) is 34.6 Å². The van der Waals surface area contributed by atoms with Gasteiger partial charge in [0.05, 0.1) is 13.7 Å². The van der Waals surface area contributed by atoms with E-state index in [4.69, 9.17) is 4.74 Å². The van der Waals surface area contributed by atoms with Crippen LogP contribution < -0.4 is 10.1 Å². The largest absolute Gasteiger partial charge is 0.496 e. The zero-order valence-electron chi connectivity index (χ0n) is 14.1. The second-order valence-corrected chi connectivity index (χ2v) is 6.14. The molecule has 1 aromatic carbocycles. The molecule has 0 saturated carbocycles. The first kappa shape index (κ1) is 19.0. The van der Waals surface area contributed by atoms with E-state index in [-0.39, 0.29) is 6.54 Å². The van der Waals surface area contributed by atoms with Crippen molar-refractivity contribution in [3.8, 4) is 5.75 Å². The fourth-order valence-electron chi connectivity index (χ4n) is 2.23. The van der Waals surface area contributed by atoms with Crippen molar-refractivity contribution in [1.29, 1.82) is 0 Å². The minimum Gasteiger partial charge on any atom is -0.496 e. The van der Waals surface area contributed by atoms with Crippen molar-refractivity contribution in [2.24, 2.45) is 4.99 Å². The summed E-state index contributed by atoms with van der Waals surface area (Å²) < 4.78 is 43.1. The predicted octanol–water partition coefficient (Wildman–Crippen LogP) is 3.38. The van der Waals surface area contributed by atoms with Gasteiger partial charge in [-0.15, -0.1) is 11.3 Å². The Bertz CT molecular complexity index is 730. The average molecular weight is 372 g/mol. The lowest BCUT2D eigenvalue weighted by Gasteiger charge is -2.22. The number of alkyl halides is 3. The highest BCUT2D eigenvalue weighted by atomic mass is 32.1. The van der Waals surface area contributed by atoms with Crippen LogP contribution in [0.3, 0.4) is 0 Å². The maximum absolute atomic E-state index is 12.6. The molecular weight excluding hydrogens is 353 g/mol. The quantitative estimate of drug-likeness (QED) is 0.646. The number of halogens is 3. The summed E-state index contributed by atoms with van der Waals surface area (Å²) in [5, 5.41) is 4.38. The molecule has 1 aromatic heterocycles. The van der Waals surface area contributed by atoms with E-state index in [1.165, 1.54) is 0 Å². The Kier molecular flexibility index (Phi) is 6.24. The molecule has 25 heavy (non-hydrogen) atoms. The third kappa shape index (κ3) is 5.09. The number of methoxy groups -OCH3 is 1. The van der Waals surface area contributed by atoms with Gasteiger partial charge in [0.15, 0.2) is 11.7 Å². The van der Waals surface area contributed by atoms with Gasteiger partial charge < -0.3 is 15.0 Å². The molecule has 136 valence electrons. The Labute approximate surface area is 148 Å². The number of para-hydroxylation sites is 1. The lowest BCUT2D eigenvalue weighted by molar-refractivity contribution is -0.140. The predicted molar refractivity (Wildman–Crippen MR) is 91.8 cm³/mol. The normalized spacial score (nSPS) is 12.2. The van der Waals surface area contributed by atoms with Crippen LogP contribution >= 0.6 is 11.3 Å². The van der Waals surface area contributed by atoms with Gasteiger partial charge in [0, 0.05) is 31.6 Å². The number of aliphatic imine (C=N–C) groups is 1. The highest BCUT2D eigenvalue weighted by molar-refractivity contribution is 7.09. The number of nitrogens with zero attached hydrogens (tertiary/aromatic N) is 3. The van der Waals surface area contributed by atoms with Gasteiger partial charge in [-0.05, 0) is 6.07 Å². The van der Waals surface area contributed by atoms with E-state index in [9.17, 15) is 13.2 Å². The molecule has 1 N–H and O–H groups in total. The Morgan fingerprint density at radius 2 is 2.08 bits per heavy atom. The molecule has 0 aliphatic carbocycles. The topological polar surface area (TPSA) is 49.8 Å². The number of nitrogens with one attached hydrogen (secondary N) is 1. The Morgan fingerprint density at radius 1 is 1.36 bits per heavy atom. The Hall–Kier alpha value is -2.29. The molecule has 0 spiro atoms. The minimum absolute atomic E-state index is 0.170. The average Bonchev–Trinajstić information content (AvgIpc) is 3.05. The zero-order chi connectivity index (χ0) is 18.4. The minimum atomic E-state index is -4.42. The summed E-state index contributed by atoms with van der Waals surface area (Å²) in [7, 11) is 5.06. The molecule has 9 heteroatoms. The molecule has 5 nitrogen and oxygen atoms in total. The summed E-state index contributed by atoms with van der Waals surface area (Å²) >= 11 is 0.964. The molecule has 0 fully saturated rings. The number of benzene rings is 1. The zero-order valence-corrected chi connectivity index (χ0v) is 14.9. The molecule has 0 atom stereocenters. The molecule has 2 aromatic rings. The monoisotopic (exact) mass is 372 g/mol. The van der Waals surface area contributed by atoms with Crippen LogP contribution in [-0.2, 0) is 19.3 Å². The van der Waals surface area contributed by atoms with Crippen LogP contribution in [0.1, 0.15) is 16.3 Å². The number of aromatic nitrogens is 1. The van der Waals surface area contributed by atoms with Gasteiger partial charge in [-0.2, -0.15) is 13.2 Å². The summed E-state index contributed by atoms with van der Waals surface area (Å²) in [5.41, 5.74) is 0.107. The van der Waals surface area contributed by atoms with Crippen molar-refractivity contribution in [1.82, 2.24) is 15.2 Å². The first-order chi connectivity index (χ1) is 11.8. The number of hydrogen-bond acceptors (Lipinski definition) is 4. The molecule has 0 amide bonds. The van der Waals surface area contributed by atoms with Gasteiger partial charge in [-0.3, -0.25) is 4.99 Å². The standard InChI is InChI=1S/C16H19F3N4OS/c1-20-15(21-8-14-22-13(10-25-14)16(17,18)19)23(2)9-11-6-4-5-7-12(11)24-3/h4-7,10H,8-9H2,1-3H3,(H,20,21). The summed E-state index contributed by atoms with van der Waals surface area (Å²) in [4.78, 5) is 9.61. The van der Waals surface area contributed by atoms with Crippen molar-refractivity contribution >= 4 is 17.3 Å².